The van der Waals surface area contributed by atoms with Crippen LogP contribution in [-0.4, -0.2) is 26.4 Å². The normalized spacial score (nSPS) is 12.5. The second-order valence-electron chi connectivity index (χ2n) is 6.54. The van der Waals surface area contributed by atoms with Crippen LogP contribution in [0.3, 0.4) is 0 Å². The molecule has 0 saturated heterocycles. The summed E-state index contributed by atoms with van der Waals surface area (Å²) in [6.07, 6.45) is 17.0. The highest BCUT2D eigenvalue weighted by molar-refractivity contribution is 4.64. The minimum absolute atomic E-state index is 0.479. The van der Waals surface area contributed by atoms with Crippen molar-refractivity contribution in [1.29, 1.82) is 0 Å². The molecule has 0 heterocycles. The Hall–Kier alpha value is -0.340. The summed E-state index contributed by atoms with van der Waals surface area (Å²) in [4.78, 5) is 0. The van der Waals surface area contributed by atoms with E-state index in [4.69, 9.17) is 9.47 Å². The lowest BCUT2D eigenvalue weighted by molar-refractivity contribution is 0.0534. The molecule has 0 spiro atoms. The van der Waals surface area contributed by atoms with Crippen LogP contribution in [0, 0.1) is 5.92 Å². The molecule has 0 aromatic rings. The maximum atomic E-state index is 5.70. The average molecular weight is 313 g/mol. The van der Waals surface area contributed by atoms with E-state index in [0.29, 0.717) is 12.5 Å². The topological polar surface area (TPSA) is 18.5 Å². The molecule has 22 heavy (non-hydrogen) atoms. The Morgan fingerprint density at radius 1 is 0.773 bits per heavy atom. The number of hydrogen-bond donors (Lipinski definition) is 0. The van der Waals surface area contributed by atoms with Crippen molar-refractivity contribution in [2.75, 3.05) is 26.4 Å². The van der Waals surface area contributed by atoms with E-state index < -0.39 is 0 Å². The van der Waals surface area contributed by atoms with Crippen molar-refractivity contribution in [2.24, 2.45) is 5.92 Å². The lowest BCUT2D eigenvalue weighted by atomic mass is 10.1. The highest BCUT2D eigenvalue weighted by Gasteiger charge is 2.01. The molecule has 132 valence electrons. The Labute approximate surface area is 139 Å². The molecular weight excluding hydrogens is 272 g/mol. The molecule has 0 aliphatic rings. The van der Waals surface area contributed by atoms with Crippen molar-refractivity contribution >= 4 is 0 Å². The Bertz CT molecular complexity index is 216. The van der Waals surface area contributed by atoms with Gasteiger partial charge in [-0.25, -0.2) is 0 Å². The molecule has 0 fully saturated rings. The van der Waals surface area contributed by atoms with Crippen LogP contribution in [0.2, 0.25) is 0 Å². The molecule has 1 atom stereocenters. The van der Waals surface area contributed by atoms with Gasteiger partial charge in [0.25, 0.3) is 0 Å². The van der Waals surface area contributed by atoms with Crippen LogP contribution in [-0.2, 0) is 9.47 Å². The fourth-order valence-corrected chi connectivity index (χ4v) is 2.55. The smallest absolute Gasteiger partial charge is 0.0644 e. The van der Waals surface area contributed by atoms with Gasteiger partial charge in [-0.1, -0.05) is 84.1 Å². The molecule has 0 aromatic heterocycles. The summed E-state index contributed by atoms with van der Waals surface area (Å²) in [7, 11) is 0. The second-order valence-corrected chi connectivity index (χ2v) is 6.54. The lowest BCUT2D eigenvalue weighted by Gasteiger charge is -2.11. The van der Waals surface area contributed by atoms with Gasteiger partial charge in [-0.3, -0.25) is 0 Å². The van der Waals surface area contributed by atoms with Crippen molar-refractivity contribution in [1.82, 2.24) is 0 Å². The van der Waals surface area contributed by atoms with Gasteiger partial charge < -0.3 is 9.47 Å². The van der Waals surface area contributed by atoms with E-state index >= 15 is 0 Å². The molecule has 0 bridgehead atoms. The first-order chi connectivity index (χ1) is 10.8. The summed E-state index contributed by atoms with van der Waals surface area (Å²) >= 11 is 0. The molecule has 0 aromatic carbocycles. The van der Waals surface area contributed by atoms with Gasteiger partial charge in [-0.2, -0.15) is 0 Å². The van der Waals surface area contributed by atoms with Gasteiger partial charge in [-0.05, 0) is 6.42 Å². The molecule has 0 saturated carbocycles. The fourth-order valence-electron chi connectivity index (χ4n) is 2.55. The fraction of sp³-hybridized carbons (Fsp3) is 0.900. The summed E-state index contributed by atoms with van der Waals surface area (Å²) in [5.41, 5.74) is 0. The molecule has 0 amide bonds. The van der Waals surface area contributed by atoms with E-state index in [2.05, 4.69) is 20.4 Å². The van der Waals surface area contributed by atoms with Crippen molar-refractivity contribution in [3.05, 3.63) is 12.7 Å². The van der Waals surface area contributed by atoms with E-state index in [1.807, 2.05) is 0 Å². The van der Waals surface area contributed by atoms with E-state index in [9.17, 15) is 0 Å². The Balaban J connectivity index is 3.06. The summed E-state index contributed by atoms with van der Waals surface area (Å²) in [6, 6.07) is 0. The standard InChI is InChI=1S/C20H40O2/c1-4-6-7-8-9-10-11-12-13-14-15-17-22-19-20(3)18-21-16-5-2/h5,20H,2,4,6-19H2,1,3H3. The molecule has 0 rings (SSSR count). The maximum Gasteiger partial charge on any atom is 0.0644 e. The highest BCUT2D eigenvalue weighted by atomic mass is 16.5. The van der Waals surface area contributed by atoms with Gasteiger partial charge in [0.05, 0.1) is 19.8 Å². The van der Waals surface area contributed by atoms with Gasteiger partial charge in [0.2, 0.25) is 0 Å². The first-order valence-corrected chi connectivity index (χ1v) is 9.57. The zero-order chi connectivity index (χ0) is 16.3. The van der Waals surface area contributed by atoms with E-state index in [-0.39, 0.29) is 0 Å². The van der Waals surface area contributed by atoms with Crippen LogP contribution in [0.4, 0.5) is 0 Å². The molecule has 0 aliphatic heterocycles. The number of rotatable bonds is 18. The Morgan fingerprint density at radius 2 is 1.27 bits per heavy atom. The molecule has 0 aliphatic carbocycles. The van der Waals surface area contributed by atoms with Gasteiger partial charge in [0.15, 0.2) is 0 Å². The first kappa shape index (κ1) is 21.7. The van der Waals surface area contributed by atoms with E-state index in [1.54, 1.807) is 6.08 Å². The number of hydrogen-bond acceptors (Lipinski definition) is 2. The molecular formula is C20H40O2. The minimum Gasteiger partial charge on any atom is -0.381 e. The van der Waals surface area contributed by atoms with Crippen LogP contribution in [0.15, 0.2) is 12.7 Å². The second kappa shape index (κ2) is 18.7. The third-order valence-electron chi connectivity index (χ3n) is 3.93. The quantitative estimate of drug-likeness (QED) is 0.223. The van der Waals surface area contributed by atoms with Crippen LogP contribution in [0.1, 0.15) is 84.5 Å². The summed E-state index contributed by atoms with van der Waals surface area (Å²) < 4.78 is 11.1. The van der Waals surface area contributed by atoms with Crippen molar-refractivity contribution in [3.63, 3.8) is 0 Å². The molecule has 2 nitrogen and oxygen atoms in total. The highest BCUT2D eigenvalue weighted by Crippen LogP contribution is 2.11. The first-order valence-electron chi connectivity index (χ1n) is 9.57. The molecule has 1 unspecified atom stereocenters. The predicted molar refractivity (Wildman–Crippen MR) is 97.5 cm³/mol. The van der Waals surface area contributed by atoms with Crippen molar-refractivity contribution in [2.45, 2.75) is 84.5 Å². The summed E-state index contributed by atoms with van der Waals surface area (Å²) in [6.45, 7) is 11.2. The SMILES string of the molecule is C=CCOCC(C)COCCCCCCCCCCCCC. The Kier molecular flexibility index (Phi) is 18.4. The van der Waals surface area contributed by atoms with Crippen LogP contribution < -0.4 is 0 Å². The van der Waals surface area contributed by atoms with Crippen LogP contribution >= 0.6 is 0 Å². The molecule has 2 heteroatoms. The van der Waals surface area contributed by atoms with Gasteiger partial charge in [-0.15, -0.1) is 6.58 Å². The van der Waals surface area contributed by atoms with Gasteiger partial charge >= 0.3 is 0 Å². The average Bonchev–Trinajstić information content (AvgIpc) is 2.52. The van der Waals surface area contributed by atoms with Gasteiger partial charge in [0.1, 0.15) is 0 Å². The maximum absolute atomic E-state index is 5.70. The van der Waals surface area contributed by atoms with Gasteiger partial charge in [0, 0.05) is 12.5 Å². The third kappa shape index (κ3) is 17.7. The number of ether oxygens (including phenoxy) is 2. The molecule has 0 radical (unpaired) electrons. The molecule has 0 N–H and O–H groups in total. The number of unbranched alkanes of at least 4 members (excludes halogenated alkanes) is 10. The predicted octanol–water partition coefficient (Wildman–Crippen LogP) is 6.15. The monoisotopic (exact) mass is 312 g/mol. The zero-order valence-electron chi connectivity index (χ0n) is 15.3. The van der Waals surface area contributed by atoms with Crippen LogP contribution in [0.5, 0.6) is 0 Å². The van der Waals surface area contributed by atoms with Crippen molar-refractivity contribution < 1.29 is 9.47 Å². The Morgan fingerprint density at radius 3 is 1.82 bits per heavy atom. The third-order valence-corrected chi connectivity index (χ3v) is 3.93. The van der Waals surface area contributed by atoms with Crippen LogP contribution in [0.25, 0.3) is 0 Å². The van der Waals surface area contributed by atoms with E-state index in [1.165, 1.54) is 70.6 Å². The summed E-state index contributed by atoms with van der Waals surface area (Å²) in [5, 5.41) is 0. The lowest BCUT2D eigenvalue weighted by Crippen LogP contribution is -2.13. The van der Waals surface area contributed by atoms with E-state index in [0.717, 1.165) is 19.8 Å². The summed E-state index contributed by atoms with van der Waals surface area (Å²) in [5.74, 6) is 0.479. The zero-order valence-corrected chi connectivity index (χ0v) is 15.3. The van der Waals surface area contributed by atoms with Crippen molar-refractivity contribution in [3.8, 4) is 0 Å². The largest absolute Gasteiger partial charge is 0.381 e. The minimum atomic E-state index is 0.479.